The number of carbonyl (C=O) groups is 3. The highest BCUT2D eigenvalue weighted by Crippen LogP contribution is 2.32. The molecule has 2 aromatic rings. The lowest BCUT2D eigenvalue weighted by Crippen LogP contribution is -2.42. The molecule has 0 aromatic heterocycles. The number of aliphatic carboxylic acids is 3. The Balaban J connectivity index is 0.000000520. The number of aliphatic hydroxyl groups is 2. The van der Waals surface area contributed by atoms with Crippen molar-refractivity contribution in [1.29, 1.82) is 0 Å². The molecule has 0 aliphatic heterocycles. The van der Waals surface area contributed by atoms with Gasteiger partial charge in [0.25, 0.3) is 0 Å². The molecule has 40 heavy (non-hydrogen) atoms. The fourth-order valence-electron chi connectivity index (χ4n) is 4.15. The minimum Gasteiger partial charge on any atom is -0.492 e. The van der Waals surface area contributed by atoms with Crippen LogP contribution in [0.4, 0.5) is 0 Å². The van der Waals surface area contributed by atoms with Crippen LogP contribution in [-0.4, -0.2) is 80.2 Å². The molecule has 0 bridgehead atoms. The first-order valence-electron chi connectivity index (χ1n) is 13.5. The summed E-state index contributed by atoms with van der Waals surface area (Å²) in [6, 6.07) is 18.3. The average Bonchev–Trinajstić information content (AvgIpc) is 2.90. The zero-order valence-corrected chi connectivity index (χ0v) is 23.6. The van der Waals surface area contributed by atoms with Crippen molar-refractivity contribution in [1.82, 2.24) is 4.90 Å². The van der Waals surface area contributed by atoms with E-state index in [1.54, 1.807) is 0 Å². The van der Waals surface area contributed by atoms with Gasteiger partial charge in [-0.3, -0.25) is 9.59 Å². The normalized spacial score (nSPS) is 12.7. The van der Waals surface area contributed by atoms with Gasteiger partial charge in [-0.2, -0.15) is 0 Å². The predicted octanol–water partition coefficient (Wildman–Crippen LogP) is 3.78. The van der Waals surface area contributed by atoms with Gasteiger partial charge in [-0.25, -0.2) is 4.79 Å². The van der Waals surface area contributed by atoms with Crippen molar-refractivity contribution in [2.45, 2.75) is 70.5 Å². The van der Waals surface area contributed by atoms with Crippen LogP contribution in [0.1, 0.15) is 64.0 Å². The quantitative estimate of drug-likeness (QED) is 0.192. The molecular weight excluding hydrogens is 518 g/mol. The molecule has 2 aromatic carbocycles. The van der Waals surface area contributed by atoms with Gasteiger partial charge in [0, 0.05) is 13.0 Å². The molecule has 222 valence electrons. The zero-order valence-electron chi connectivity index (χ0n) is 23.6. The number of hydrogen-bond acceptors (Lipinski definition) is 7. The third-order valence-corrected chi connectivity index (χ3v) is 6.53. The van der Waals surface area contributed by atoms with Crippen LogP contribution in [-0.2, 0) is 26.4 Å². The van der Waals surface area contributed by atoms with Crippen molar-refractivity contribution < 1.29 is 44.7 Å². The second-order valence-corrected chi connectivity index (χ2v) is 9.68. The van der Waals surface area contributed by atoms with Gasteiger partial charge in [0.2, 0.25) is 0 Å². The molecule has 10 nitrogen and oxygen atoms in total. The number of nitrogens with zero attached hydrogens (tertiary/aromatic N) is 1. The van der Waals surface area contributed by atoms with Crippen LogP contribution in [0, 0.1) is 0 Å². The monoisotopic (exact) mass is 561 g/mol. The molecule has 0 fully saturated rings. The van der Waals surface area contributed by atoms with Crippen molar-refractivity contribution >= 4 is 17.9 Å². The van der Waals surface area contributed by atoms with E-state index in [-0.39, 0.29) is 0 Å². The van der Waals surface area contributed by atoms with Crippen LogP contribution in [0.2, 0.25) is 0 Å². The highest BCUT2D eigenvalue weighted by Gasteiger charge is 2.40. The summed E-state index contributed by atoms with van der Waals surface area (Å²) in [5, 5.41) is 45.2. The molecule has 0 spiro atoms. The highest BCUT2D eigenvalue weighted by molar-refractivity contribution is 5.88. The van der Waals surface area contributed by atoms with Crippen LogP contribution >= 0.6 is 0 Å². The van der Waals surface area contributed by atoms with E-state index in [0.29, 0.717) is 13.0 Å². The number of benzene rings is 2. The topological polar surface area (TPSA) is 165 Å². The molecular formula is C30H43NO9. The number of carboxylic acids is 3. The maximum atomic E-state index is 11.4. The van der Waals surface area contributed by atoms with E-state index < -0.39 is 42.0 Å². The van der Waals surface area contributed by atoms with E-state index in [1.807, 2.05) is 42.5 Å². The minimum atomic E-state index is -2.74. The molecule has 1 atom stereocenters. The molecule has 0 saturated carbocycles. The fraction of sp³-hybridized carbons (Fsp3) is 0.500. The first-order chi connectivity index (χ1) is 18.9. The van der Waals surface area contributed by atoms with Crippen molar-refractivity contribution in [2.24, 2.45) is 0 Å². The van der Waals surface area contributed by atoms with Gasteiger partial charge >= 0.3 is 17.9 Å². The summed E-state index contributed by atoms with van der Waals surface area (Å²) in [5.41, 5.74) is -1.44. The van der Waals surface area contributed by atoms with Crippen LogP contribution in [0.15, 0.2) is 54.6 Å². The standard InChI is InChI=1S/C24H35NO2.C6H8O7/c1-4-7-17-24(26,20-21-11-9-8-10-12-21)22-13-15-23(16-14-22)27-19-18-25(5-2)6-3;7-3(8)1-6(13,5(11)12)2-4(9)10/h8-16,26H,4-7,17-20H2,1-3H3;13H,1-2H2,(H,7,8)(H,9,10)(H,11,12). The van der Waals surface area contributed by atoms with Crippen LogP contribution in [0.5, 0.6) is 5.75 Å². The van der Waals surface area contributed by atoms with E-state index in [4.69, 9.17) is 25.2 Å². The second kappa shape index (κ2) is 17.3. The van der Waals surface area contributed by atoms with E-state index in [0.717, 1.165) is 55.8 Å². The summed E-state index contributed by atoms with van der Waals surface area (Å²) in [4.78, 5) is 32.8. The van der Waals surface area contributed by atoms with E-state index in [9.17, 15) is 19.5 Å². The number of unbranched alkanes of at least 4 members (excludes halogenated alkanes) is 1. The SMILES string of the molecule is CCCCC(O)(Cc1ccccc1)c1ccc(OCCN(CC)CC)cc1.O=C(O)CC(O)(CC(=O)O)C(=O)O. The highest BCUT2D eigenvalue weighted by atomic mass is 16.5. The summed E-state index contributed by atoms with van der Waals surface area (Å²) in [6.07, 6.45) is 1.19. The molecule has 1 unspecified atom stereocenters. The first kappa shape index (κ1) is 34.6. The van der Waals surface area contributed by atoms with Gasteiger partial charge in [0.1, 0.15) is 12.4 Å². The maximum absolute atomic E-state index is 11.4. The first-order valence-corrected chi connectivity index (χ1v) is 13.5. The Bertz CT molecular complexity index is 1020. The van der Waals surface area contributed by atoms with Crippen molar-refractivity contribution in [3.8, 4) is 5.75 Å². The van der Waals surface area contributed by atoms with Crippen molar-refractivity contribution in [2.75, 3.05) is 26.2 Å². The average molecular weight is 562 g/mol. The molecule has 0 aliphatic rings. The Labute approximate surface area is 235 Å². The fourth-order valence-corrected chi connectivity index (χ4v) is 4.15. The molecule has 0 saturated heterocycles. The van der Waals surface area contributed by atoms with Crippen LogP contribution in [0.3, 0.4) is 0 Å². The Kier molecular flexibility index (Phi) is 14.9. The lowest BCUT2D eigenvalue weighted by Gasteiger charge is -2.29. The third kappa shape index (κ3) is 12.1. The van der Waals surface area contributed by atoms with Crippen molar-refractivity contribution in [3.63, 3.8) is 0 Å². The number of carboxylic acid groups (broad SMARTS) is 3. The maximum Gasteiger partial charge on any atom is 0.336 e. The summed E-state index contributed by atoms with van der Waals surface area (Å²) < 4.78 is 5.88. The molecule has 5 N–H and O–H groups in total. The molecule has 0 aliphatic carbocycles. The van der Waals surface area contributed by atoms with Gasteiger partial charge in [-0.1, -0.05) is 76.1 Å². The third-order valence-electron chi connectivity index (χ3n) is 6.53. The van der Waals surface area contributed by atoms with Crippen LogP contribution < -0.4 is 4.74 Å². The lowest BCUT2D eigenvalue weighted by molar-refractivity contribution is -0.170. The second-order valence-electron chi connectivity index (χ2n) is 9.68. The zero-order chi connectivity index (χ0) is 30.2. The summed E-state index contributed by atoms with van der Waals surface area (Å²) in [5.74, 6) is -4.15. The number of likely N-dealkylation sites (N-methyl/N-ethyl adjacent to an activating group) is 1. The van der Waals surface area contributed by atoms with Crippen LogP contribution in [0.25, 0.3) is 0 Å². The van der Waals surface area contributed by atoms with Gasteiger partial charge in [-0.15, -0.1) is 0 Å². The predicted molar refractivity (Wildman–Crippen MR) is 150 cm³/mol. The Hall–Kier alpha value is -3.47. The number of rotatable bonds is 17. The molecule has 2 rings (SSSR count). The van der Waals surface area contributed by atoms with Gasteiger partial charge in [0.05, 0.1) is 18.4 Å². The van der Waals surface area contributed by atoms with Crippen molar-refractivity contribution in [3.05, 3.63) is 65.7 Å². The Morgan fingerprint density at radius 1 is 0.825 bits per heavy atom. The lowest BCUT2D eigenvalue weighted by atomic mass is 9.83. The number of hydrogen-bond donors (Lipinski definition) is 5. The molecule has 0 heterocycles. The summed E-state index contributed by atoms with van der Waals surface area (Å²) in [7, 11) is 0. The molecule has 10 heteroatoms. The van der Waals surface area contributed by atoms with Gasteiger partial charge < -0.3 is 35.2 Å². The van der Waals surface area contributed by atoms with E-state index in [2.05, 4.69) is 37.8 Å². The van der Waals surface area contributed by atoms with Gasteiger partial charge in [0.15, 0.2) is 5.60 Å². The number of ether oxygens (including phenoxy) is 1. The molecule has 0 radical (unpaired) electrons. The molecule has 0 amide bonds. The van der Waals surface area contributed by atoms with E-state index >= 15 is 0 Å². The van der Waals surface area contributed by atoms with E-state index in [1.165, 1.54) is 0 Å². The van der Waals surface area contributed by atoms with Gasteiger partial charge in [-0.05, 0) is 42.8 Å². The minimum absolute atomic E-state index is 0.635. The Morgan fingerprint density at radius 2 is 1.38 bits per heavy atom. The Morgan fingerprint density at radius 3 is 1.82 bits per heavy atom. The smallest absolute Gasteiger partial charge is 0.336 e. The summed E-state index contributed by atoms with van der Waals surface area (Å²) >= 11 is 0. The largest absolute Gasteiger partial charge is 0.492 e. The summed E-state index contributed by atoms with van der Waals surface area (Å²) in [6.45, 7) is 10.2.